The topological polar surface area (TPSA) is 70.5 Å². The lowest BCUT2D eigenvalue weighted by molar-refractivity contribution is 0.0509. The van der Waals surface area contributed by atoms with E-state index in [4.69, 9.17) is 14.2 Å². The first-order chi connectivity index (χ1) is 10.3. The minimum absolute atomic E-state index is 0.0899. The molecule has 0 N–H and O–H groups in total. The summed E-state index contributed by atoms with van der Waals surface area (Å²) in [6.45, 7) is 5.30. The highest BCUT2D eigenvalue weighted by molar-refractivity contribution is 5.97. The molecule has 0 aliphatic carbocycles. The van der Waals surface area contributed by atoms with Crippen molar-refractivity contribution < 1.29 is 19.0 Å². The quantitative estimate of drug-likeness (QED) is 0.575. The summed E-state index contributed by atoms with van der Waals surface area (Å²) >= 11 is 0. The normalized spacial score (nSPS) is 10.6. The Morgan fingerprint density at radius 2 is 1.90 bits per heavy atom. The average molecular weight is 290 g/mol. The summed E-state index contributed by atoms with van der Waals surface area (Å²) in [5, 5.41) is 8.69. The minimum atomic E-state index is -0.540. The van der Waals surface area contributed by atoms with Gasteiger partial charge in [0.2, 0.25) is 5.69 Å². The highest BCUT2D eigenvalue weighted by Crippen LogP contribution is 2.27. The lowest BCUT2D eigenvalue weighted by atomic mass is 10.2. The van der Waals surface area contributed by atoms with E-state index in [1.165, 1.54) is 0 Å². The molecule has 0 bridgehead atoms. The number of esters is 1. The van der Waals surface area contributed by atoms with Crippen LogP contribution in [0.3, 0.4) is 0 Å². The number of hydrogen-bond donors (Lipinski definition) is 0. The Bertz CT molecular complexity index is 616. The van der Waals surface area contributed by atoms with Crippen LogP contribution in [-0.2, 0) is 9.47 Å². The van der Waals surface area contributed by atoms with E-state index in [1.807, 2.05) is 31.2 Å². The van der Waals surface area contributed by atoms with Gasteiger partial charge in [0.15, 0.2) is 5.75 Å². The average Bonchev–Trinajstić information content (AvgIpc) is 2.51. The predicted octanol–water partition coefficient (Wildman–Crippen LogP) is 2.22. The molecule has 1 aromatic heterocycles. The number of rotatable bonds is 7. The maximum absolute atomic E-state index is 12.0. The van der Waals surface area contributed by atoms with E-state index in [-0.39, 0.29) is 12.3 Å². The van der Waals surface area contributed by atoms with Gasteiger partial charge in [-0.1, -0.05) is 12.1 Å². The lowest BCUT2D eigenvalue weighted by Gasteiger charge is -2.12. The lowest BCUT2D eigenvalue weighted by Crippen LogP contribution is -2.14. The molecular weight excluding hydrogens is 272 g/mol. The van der Waals surface area contributed by atoms with E-state index in [2.05, 4.69) is 10.2 Å². The predicted molar refractivity (Wildman–Crippen MR) is 77.5 cm³/mol. The Kier molecular flexibility index (Phi) is 5.45. The Labute approximate surface area is 123 Å². The second kappa shape index (κ2) is 7.54. The fourth-order valence-electron chi connectivity index (χ4n) is 1.86. The molecule has 6 nitrogen and oxygen atoms in total. The molecule has 0 amide bonds. The Morgan fingerprint density at radius 3 is 2.67 bits per heavy atom. The zero-order valence-corrected chi connectivity index (χ0v) is 12.2. The van der Waals surface area contributed by atoms with Crippen LogP contribution in [0.25, 0.3) is 10.9 Å². The number of carbonyl (C=O) groups is 1. The zero-order chi connectivity index (χ0) is 15.1. The third kappa shape index (κ3) is 3.66. The number of benzene rings is 1. The molecule has 0 saturated carbocycles. The van der Waals surface area contributed by atoms with Gasteiger partial charge in [-0.2, -0.15) is 0 Å². The van der Waals surface area contributed by atoms with Gasteiger partial charge < -0.3 is 14.2 Å². The van der Waals surface area contributed by atoms with E-state index >= 15 is 0 Å². The van der Waals surface area contributed by atoms with Crippen LogP contribution in [0.2, 0.25) is 0 Å². The van der Waals surface area contributed by atoms with E-state index in [1.54, 1.807) is 6.92 Å². The highest BCUT2D eigenvalue weighted by atomic mass is 16.5. The molecule has 0 saturated heterocycles. The molecule has 0 unspecified atom stereocenters. The molecule has 0 fully saturated rings. The molecule has 1 aromatic carbocycles. The molecule has 112 valence electrons. The highest BCUT2D eigenvalue weighted by Gasteiger charge is 2.19. The van der Waals surface area contributed by atoms with Crippen molar-refractivity contribution >= 4 is 16.9 Å². The molecule has 21 heavy (non-hydrogen) atoms. The fourth-order valence-corrected chi connectivity index (χ4v) is 1.86. The van der Waals surface area contributed by atoms with Gasteiger partial charge in [-0.25, -0.2) is 4.79 Å². The second-order valence-electron chi connectivity index (χ2n) is 4.16. The third-order valence-electron chi connectivity index (χ3n) is 2.77. The fraction of sp³-hybridized carbons (Fsp3) is 0.400. The molecule has 6 heteroatoms. The van der Waals surface area contributed by atoms with Crippen LogP contribution in [0.1, 0.15) is 24.3 Å². The molecule has 2 rings (SSSR count). The molecule has 1 heterocycles. The van der Waals surface area contributed by atoms with Crippen LogP contribution < -0.4 is 4.74 Å². The van der Waals surface area contributed by atoms with Crippen molar-refractivity contribution in [2.24, 2.45) is 0 Å². The Balaban J connectivity index is 2.35. The minimum Gasteiger partial charge on any atom is -0.488 e. The summed E-state index contributed by atoms with van der Waals surface area (Å²) in [6, 6.07) is 7.36. The zero-order valence-electron chi connectivity index (χ0n) is 12.2. The van der Waals surface area contributed by atoms with Crippen LogP contribution in [0, 0.1) is 0 Å². The number of carbonyl (C=O) groups excluding carboxylic acids is 1. The summed E-state index contributed by atoms with van der Waals surface area (Å²) in [6.07, 6.45) is 0. The van der Waals surface area contributed by atoms with Crippen LogP contribution in [0.5, 0.6) is 5.75 Å². The summed E-state index contributed by atoms with van der Waals surface area (Å²) in [5.74, 6) is -0.152. The monoisotopic (exact) mass is 290 g/mol. The van der Waals surface area contributed by atoms with Gasteiger partial charge in [0.05, 0.1) is 18.7 Å². The van der Waals surface area contributed by atoms with Crippen molar-refractivity contribution in [1.29, 1.82) is 0 Å². The number of aromatic nitrogens is 2. The van der Waals surface area contributed by atoms with Gasteiger partial charge in [-0.3, -0.25) is 0 Å². The largest absolute Gasteiger partial charge is 0.488 e. The van der Waals surface area contributed by atoms with Gasteiger partial charge >= 0.3 is 5.97 Å². The molecule has 2 aromatic rings. The standard InChI is InChI=1S/C15H18N2O4/c1-3-19-9-10-21-14-11-7-5-6-8-12(11)16-17-13(14)15(18)20-4-2/h5-8H,3-4,9-10H2,1-2H3. The number of nitrogens with zero attached hydrogens (tertiary/aromatic N) is 2. The van der Waals surface area contributed by atoms with Crippen LogP contribution in [0.15, 0.2) is 24.3 Å². The first-order valence-electron chi connectivity index (χ1n) is 6.91. The summed E-state index contributed by atoms with van der Waals surface area (Å²) < 4.78 is 15.9. The van der Waals surface area contributed by atoms with E-state index in [0.717, 1.165) is 5.39 Å². The van der Waals surface area contributed by atoms with Crippen LogP contribution in [-0.4, -0.2) is 42.6 Å². The Morgan fingerprint density at radius 1 is 1.10 bits per heavy atom. The van der Waals surface area contributed by atoms with Gasteiger partial charge in [0.25, 0.3) is 0 Å². The molecule has 0 aliphatic heterocycles. The summed E-state index contributed by atoms with van der Waals surface area (Å²) in [7, 11) is 0. The van der Waals surface area contributed by atoms with Crippen LogP contribution in [0.4, 0.5) is 0 Å². The smallest absolute Gasteiger partial charge is 0.362 e. The Hall–Kier alpha value is -2.21. The molecular formula is C15H18N2O4. The summed E-state index contributed by atoms with van der Waals surface area (Å²) in [5.41, 5.74) is 0.754. The van der Waals surface area contributed by atoms with Gasteiger partial charge in [-0.15, -0.1) is 10.2 Å². The SMILES string of the molecule is CCOCCOc1c(C(=O)OCC)nnc2ccccc12. The maximum atomic E-state index is 12.0. The van der Waals surface area contributed by atoms with Crippen molar-refractivity contribution in [3.8, 4) is 5.75 Å². The van der Waals surface area contributed by atoms with Crippen molar-refractivity contribution in [3.05, 3.63) is 30.0 Å². The van der Waals surface area contributed by atoms with E-state index < -0.39 is 5.97 Å². The van der Waals surface area contributed by atoms with Gasteiger partial charge in [0, 0.05) is 12.0 Å². The summed E-state index contributed by atoms with van der Waals surface area (Å²) in [4.78, 5) is 12.0. The van der Waals surface area contributed by atoms with E-state index in [9.17, 15) is 4.79 Å². The third-order valence-corrected chi connectivity index (χ3v) is 2.77. The molecule has 0 atom stereocenters. The number of fused-ring (bicyclic) bond motifs is 1. The van der Waals surface area contributed by atoms with E-state index in [0.29, 0.717) is 31.1 Å². The molecule has 0 aliphatic rings. The van der Waals surface area contributed by atoms with Crippen molar-refractivity contribution in [1.82, 2.24) is 10.2 Å². The molecule has 0 radical (unpaired) electrons. The van der Waals surface area contributed by atoms with Crippen molar-refractivity contribution in [2.75, 3.05) is 26.4 Å². The van der Waals surface area contributed by atoms with Crippen molar-refractivity contribution in [2.45, 2.75) is 13.8 Å². The van der Waals surface area contributed by atoms with Crippen LogP contribution >= 0.6 is 0 Å². The first-order valence-corrected chi connectivity index (χ1v) is 6.91. The maximum Gasteiger partial charge on any atom is 0.362 e. The second-order valence-corrected chi connectivity index (χ2v) is 4.16. The van der Waals surface area contributed by atoms with Gasteiger partial charge in [-0.05, 0) is 26.0 Å². The number of hydrogen-bond acceptors (Lipinski definition) is 6. The van der Waals surface area contributed by atoms with Gasteiger partial charge in [0.1, 0.15) is 6.61 Å². The molecule has 0 spiro atoms. The van der Waals surface area contributed by atoms with Crippen molar-refractivity contribution in [3.63, 3.8) is 0 Å². The number of ether oxygens (including phenoxy) is 3. The first kappa shape index (κ1) is 15.2.